The molecule has 0 atom stereocenters. The number of carbonyl (C=O) groups excluding carboxylic acids is 1. The average Bonchev–Trinajstić information content (AvgIpc) is 3.22. The zero-order valence-corrected chi connectivity index (χ0v) is 16.2. The summed E-state index contributed by atoms with van der Waals surface area (Å²) in [6, 6.07) is 6.13. The monoisotopic (exact) mass is 396 g/mol. The van der Waals surface area contributed by atoms with E-state index in [0.717, 1.165) is 37.5 Å². The van der Waals surface area contributed by atoms with Crippen LogP contribution >= 0.6 is 11.3 Å². The van der Waals surface area contributed by atoms with Crippen LogP contribution in [0.3, 0.4) is 0 Å². The molecule has 7 nitrogen and oxygen atoms in total. The first-order valence-electron chi connectivity index (χ1n) is 8.88. The molecule has 4 rings (SSSR count). The third kappa shape index (κ3) is 3.35. The molecule has 0 aliphatic carbocycles. The summed E-state index contributed by atoms with van der Waals surface area (Å²) in [4.78, 5) is 24.8. The van der Waals surface area contributed by atoms with Crippen LogP contribution in [-0.2, 0) is 11.2 Å². The van der Waals surface area contributed by atoms with Crippen LogP contribution in [0.1, 0.15) is 45.7 Å². The average molecular weight is 397 g/mol. The molecule has 0 bridgehead atoms. The molecule has 1 aromatic carbocycles. The largest absolute Gasteiger partial charge is 0.383 e. The summed E-state index contributed by atoms with van der Waals surface area (Å²) in [7, 11) is 0. The van der Waals surface area contributed by atoms with Gasteiger partial charge in [-0.25, -0.2) is 19.6 Å². The van der Waals surface area contributed by atoms with Crippen molar-refractivity contribution in [2.75, 3.05) is 5.73 Å². The van der Waals surface area contributed by atoms with E-state index in [0.29, 0.717) is 18.7 Å². The maximum Gasteiger partial charge on any atom is 0.164 e. The number of rotatable bonds is 5. The van der Waals surface area contributed by atoms with Gasteiger partial charge in [0.05, 0.1) is 22.0 Å². The standard InChI is InChI=1S/C19H20N6OS.CH4/c1-4-12(26)8-15-23-13-6-5-11(7-14(13)27-15)17-16-18(20)21-9-22-19(16)25(24-17)10(2)3;/h5-7,9-10H,4,8H2,1-3H3,(H2,20,21,22);1H4. The maximum absolute atomic E-state index is 11.7. The second-order valence-electron chi connectivity index (χ2n) is 6.70. The molecule has 0 aliphatic rings. The first-order valence-corrected chi connectivity index (χ1v) is 9.69. The minimum Gasteiger partial charge on any atom is -0.383 e. The van der Waals surface area contributed by atoms with Crippen molar-refractivity contribution in [3.63, 3.8) is 0 Å². The molecule has 0 amide bonds. The van der Waals surface area contributed by atoms with Crippen molar-refractivity contribution in [2.24, 2.45) is 0 Å². The lowest BCUT2D eigenvalue weighted by Crippen LogP contribution is -2.04. The molecular weight excluding hydrogens is 372 g/mol. The van der Waals surface area contributed by atoms with E-state index in [2.05, 4.69) is 28.8 Å². The van der Waals surface area contributed by atoms with Gasteiger partial charge >= 0.3 is 0 Å². The number of carbonyl (C=O) groups is 1. The number of hydrogen-bond acceptors (Lipinski definition) is 7. The van der Waals surface area contributed by atoms with Gasteiger partial charge in [-0.2, -0.15) is 5.10 Å². The molecule has 8 heteroatoms. The third-order valence-corrected chi connectivity index (χ3v) is 5.47. The molecular formula is C20H24N6OS. The van der Waals surface area contributed by atoms with Gasteiger partial charge < -0.3 is 5.73 Å². The van der Waals surface area contributed by atoms with Crippen LogP contribution in [0.4, 0.5) is 5.82 Å². The molecule has 3 heterocycles. The molecule has 0 unspecified atom stereocenters. The fraction of sp³-hybridized carbons (Fsp3) is 0.350. The second kappa shape index (κ2) is 7.63. The maximum atomic E-state index is 11.7. The minimum atomic E-state index is 0. The summed E-state index contributed by atoms with van der Waals surface area (Å²) in [5.41, 5.74) is 9.46. The molecule has 0 saturated heterocycles. The number of hydrogen-bond donors (Lipinski definition) is 1. The number of nitrogen functional groups attached to an aromatic ring is 1. The van der Waals surface area contributed by atoms with E-state index < -0.39 is 0 Å². The van der Waals surface area contributed by atoms with Gasteiger partial charge in [-0.1, -0.05) is 20.4 Å². The summed E-state index contributed by atoms with van der Waals surface area (Å²) in [6.45, 7) is 5.98. The van der Waals surface area contributed by atoms with Crippen LogP contribution in [0.2, 0.25) is 0 Å². The van der Waals surface area contributed by atoms with E-state index in [1.807, 2.05) is 29.8 Å². The summed E-state index contributed by atoms with van der Waals surface area (Å²) in [5, 5.41) is 6.36. The highest BCUT2D eigenvalue weighted by Crippen LogP contribution is 2.34. The number of Topliss-reactive ketones (excluding diaryl/α,β-unsaturated/α-hetero) is 1. The van der Waals surface area contributed by atoms with Crippen LogP contribution < -0.4 is 5.73 Å². The molecule has 0 spiro atoms. The summed E-state index contributed by atoms with van der Waals surface area (Å²) >= 11 is 1.54. The third-order valence-electron chi connectivity index (χ3n) is 4.46. The highest BCUT2D eigenvalue weighted by molar-refractivity contribution is 7.18. The number of nitrogens with two attached hydrogens (primary N) is 1. The molecule has 3 aromatic heterocycles. The van der Waals surface area contributed by atoms with E-state index in [9.17, 15) is 4.79 Å². The Kier molecular flexibility index (Phi) is 5.42. The molecule has 146 valence electrons. The number of benzene rings is 1. The van der Waals surface area contributed by atoms with Crippen molar-refractivity contribution in [2.45, 2.75) is 47.1 Å². The van der Waals surface area contributed by atoms with Crippen molar-refractivity contribution >= 4 is 44.2 Å². The van der Waals surface area contributed by atoms with Crippen LogP contribution in [0.5, 0.6) is 0 Å². The summed E-state index contributed by atoms with van der Waals surface area (Å²) < 4.78 is 2.89. The minimum absolute atomic E-state index is 0. The molecule has 0 aliphatic heterocycles. The Bertz CT molecular complexity index is 1160. The molecule has 0 saturated carbocycles. The Labute approximate surface area is 167 Å². The van der Waals surface area contributed by atoms with Crippen molar-refractivity contribution in [1.82, 2.24) is 24.7 Å². The number of nitrogens with zero attached hydrogens (tertiary/aromatic N) is 5. The van der Waals surface area contributed by atoms with Gasteiger partial charge in [0.1, 0.15) is 28.6 Å². The normalized spacial score (nSPS) is 11.3. The second-order valence-corrected chi connectivity index (χ2v) is 7.82. The lowest BCUT2D eigenvalue weighted by atomic mass is 10.1. The Balaban J connectivity index is 0.00000225. The summed E-state index contributed by atoms with van der Waals surface area (Å²) in [5.74, 6) is 0.612. The summed E-state index contributed by atoms with van der Waals surface area (Å²) in [6.07, 6.45) is 2.38. The van der Waals surface area contributed by atoms with Crippen LogP contribution in [0.15, 0.2) is 24.5 Å². The highest BCUT2D eigenvalue weighted by atomic mass is 32.1. The van der Waals surface area contributed by atoms with Gasteiger partial charge in [0, 0.05) is 18.0 Å². The molecule has 4 aromatic rings. The van der Waals surface area contributed by atoms with E-state index in [4.69, 9.17) is 10.8 Å². The SMILES string of the molecule is C.CCC(=O)Cc1nc2ccc(-c3nn(C(C)C)c4ncnc(N)c34)cc2s1. The van der Waals surface area contributed by atoms with Gasteiger partial charge in [0.25, 0.3) is 0 Å². The van der Waals surface area contributed by atoms with Gasteiger partial charge in [0.2, 0.25) is 0 Å². The topological polar surface area (TPSA) is 99.6 Å². The molecule has 0 fully saturated rings. The first-order chi connectivity index (χ1) is 13.0. The van der Waals surface area contributed by atoms with Gasteiger partial charge in [-0.05, 0) is 26.0 Å². The number of thiazole rings is 1. The van der Waals surface area contributed by atoms with Crippen LogP contribution in [0, 0.1) is 0 Å². The fourth-order valence-corrected chi connectivity index (χ4v) is 4.08. The number of fused-ring (bicyclic) bond motifs is 2. The Hall–Kier alpha value is -2.87. The lowest BCUT2D eigenvalue weighted by Gasteiger charge is -2.05. The fourth-order valence-electron chi connectivity index (χ4n) is 3.05. The zero-order valence-electron chi connectivity index (χ0n) is 15.4. The van der Waals surface area contributed by atoms with E-state index >= 15 is 0 Å². The van der Waals surface area contributed by atoms with Crippen LogP contribution in [0.25, 0.3) is 32.5 Å². The van der Waals surface area contributed by atoms with Gasteiger partial charge in [-0.15, -0.1) is 11.3 Å². The number of anilines is 1. The highest BCUT2D eigenvalue weighted by Gasteiger charge is 2.19. The van der Waals surface area contributed by atoms with Gasteiger partial charge in [-0.3, -0.25) is 4.79 Å². The quantitative estimate of drug-likeness (QED) is 0.536. The lowest BCUT2D eigenvalue weighted by molar-refractivity contribution is -0.118. The van der Waals surface area contributed by atoms with Crippen molar-refractivity contribution in [3.8, 4) is 11.3 Å². The first kappa shape index (κ1) is 19.9. The van der Waals surface area contributed by atoms with Crippen molar-refractivity contribution in [3.05, 3.63) is 29.5 Å². The molecule has 2 N–H and O–H groups in total. The van der Waals surface area contributed by atoms with Crippen molar-refractivity contribution in [1.29, 1.82) is 0 Å². The Morgan fingerprint density at radius 3 is 2.79 bits per heavy atom. The Morgan fingerprint density at radius 1 is 1.29 bits per heavy atom. The smallest absolute Gasteiger partial charge is 0.164 e. The molecule has 0 radical (unpaired) electrons. The van der Waals surface area contributed by atoms with Crippen LogP contribution in [-0.4, -0.2) is 30.5 Å². The van der Waals surface area contributed by atoms with E-state index in [1.165, 1.54) is 6.33 Å². The van der Waals surface area contributed by atoms with Crippen molar-refractivity contribution < 1.29 is 4.79 Å². The van der Waals surface area contributed by atoms with Gasteiger partial charge in [0.15, 0.2) is 5.65 Å². The number of aromatic nitrogens is 5. The molecule has 28 heavy (non-hydrogen) atoms. The van der Waals surface area contributed by atoms with E-state index in [-0.39, 0.29) is 19.3 Å². The zero-order chi connectivity index (χ0) is 19.1. The van der Waals surface area contributed by atoms with E-state index in [1.54, 1.807) is 11.3 Å². The predicted molar refractivity (Wildman–Crippen MR) is 114 cm³/mol. The Morgan fingerprint density at radius 2 is 2.07 bits per heavy atom. The number of ketones is 1. The predicted octanol–water partition coefficient (Wildman–Crippen LogP) is 4.42.